The summed E-state index contributed by atoms with van der Waals surface area (Å²) in [6.45, 7) is 0.128. The van der Waals surface area contributed by atoms with Crippen LogP contribution in [-0.4, -0.2) is 5.91 Å². The Morgan fingerprint density at radius 1 is 1.26 bits per heavy atom. The number of rotatable bonds is 4. The minimum atomic E-state index is -0.569. The number of carbonyl (C=O) groups excluding carboxylic acids is 1. The lowest BCUT2D eigenvalue weighted by Gasteiger charge is -2.10. The van der Waals surface area contributed by atoms with Crippen molar-refractivity contribution in [3.05, 3.63) is 64.4 Å². The zero-order chi connectivity index (χ0) is 13.8. The molecule has 0 aliphatic heterocycles. The van der Waals surface area contributed by atoms with Crippen LogP contribution in [0.5, 0.6) is 5.75 Å². The molecule has 0 spiro atoms. The molecule has 0 aromatic heterocycles. The largest absolute Gasteiger partial charge is 0.488 e. The maximum atomic E-state index is 12.9. The molecule has 2 aromatic rings. The average molecular weight is 280 g/mol. The van der Waals surface area contributed by atoms with Gasteiger partial charge in [0.05, 0.1) is 10.6 Å². The molecule has 2 N–H and O–H groups in total. The Labute approximate surface area is 114 Å². The van der Waals surface area contributed by atoms with E-state index in [9.17, 15) is 9.18 Å². The second-order valence-electron chi connectivity index (χ2n) is 3.88. The Kier molecular flexibility index (Phi) is 4.02. The number of hydrogen-bond acceptors (Lipinski definition) is 2. The third-order valence-corrected chi connectivity index (χ3v) is 2.90. The maximum Gasteiger partial charge on any atom is 0.252 e. The Morgan fingerprint density at radius 3 is 2.68 bits per heavy atom. The Morgan fingerprint density at radius 2 is 2.00 bits per heavy atom. The van der Waals surface area contributed by atoms with Crippen molar-refractivity contribution >= 4 is 17.5 Å². The highest BCUT2D eigenvalue weighted by atomic mass is 35.5. The van der Waals surface area contributed by atoms with E-state index in [1.165, 1.54) is 18.2 Å². The van der Waals surface area contributed by atoms with Gasteiger partial charge in [0, 0.05) is 5.56 Å². The quantitative estimate of drug-likeness (QED) is 0.935. The van der Waals surface area contributed by atoms with Crippen molar-refractivity contribution in [1.82, 2.24) is 0 Å². The molecule has 0 heterocycles. The lowest BCUT2D eigenvalue weighted by Crippen LogP contribution is -2.12. The lowest BCUT2D eigenvalue weighted by molar-refractivity contribution is 0.0996. The van der Waals surface area contributed by atoms with E-state index in [-0.39, 0.29) is 11.6 Å². The monoisotopic (exact) mass is 279 g/mol. The van der Waals surface area contributed by atoms with Crippen molar-refractivity contribution in [2.24, 2.45) is 5.73 Å². The van der Waals surface area contributed by atoms with Crippen LogP contribution in [0.2, 0.25) is 5.02 Å². The van der Waals surface area contributed by atoms with Crippen LogP contribution < -0.4 is 10.5 Å². The van der Waals surface area contributed by atoms with Crippen LogP contribution in [0.1, 0.15) is 15.9 Å². The molecular formula is C14H11ClFNO2. The smallest absolute Gasteiger partial charge is 0.252 e. The number of benzene rings is 2. The molecule has 0 bridgehead atoms. The van der Waals surface area contributed by atoms with Crippen LogP contribution >= 0.6 is 11.6 Å². The highest BCUT2D eigenvalue weighted by molar-refractivity contribution is 6.31. The summed E-state index contributed by atoms with van der Waals surface area (Å²) in [5, 5.41) is 0.275. The third-order valence-electron chi connectivity index (χ3n) is 2.55. The second-order valence-corrected chi connectivity index (χ2v) is 4.29. The van der Waals surface area contributed by atoms with Crippen LogP contribution in [0.15, 0.2) is 42.5 Å². The van der Waals surface area contributed by atoms with E-state index in [1.54, 1.807) is 24.3 Å². The molecule has 1 amide bonds. The summed E-state index contributed by atoms with van der Waals surface area (Å²) in [5.74, 6) is -0.609. The predicted molar refractivity (Wildman–Crippen MR) is 70.7 cm³/mol. The van der Waals surface area contributed by atoms with E-state index in [0.717, 1.165) is 0 Å². The molecule has 0 fully saturated rings. The number of halogens is 2. The van der Waals surface area contributed by atoms with Gasteiger partial charge in [0.2, 0.25) is 0 Å². The number of hydrogen-bond donors (Lipinski definition) is 1. The summed E-state index contributed by atoms with van der Waals surface area (Å²) in [5.41, 5.74) is 6.16. The van der Waals surface area contributed by atoms with E-state index in [2.05, 4.69) is 0 Å². The fourth-order valence-corrected chi connectivity index (χ4v) is 1.81. The number of amides is 1. The summed E-state index contributed by atoms with van der Waals surface area (Å²) in [4.78, 5) is 11.2. The number of carbonyl (C=O) groups is 1. The highest BCUT2D eigenvalue weighted by Crippen LogP contribution is 2.22. The first-order valence-corrected chi connectivity index (χ1v) is 5.91. The van der Waals surface area contributed by atoms with Gasteiger partial charge in [-0.3, -0.25) is 4.79 Å². The zero-order valence-corrected chi connectivity index (χ0v) is 10.7. The molecule has 2 aromatic carbocycles. The predicted octanol–water partition coefficient (Wildman–Crippen LogP) is 3.16. The molecule has 2 rings (SSSR count). The Bertz CT molecular complexity index is 616. The van der Waals surface area contributed by atoms with Crippen LogP contribution in [0, 0.1) is 5.82 Å². The lowest BCUT2D eigenvalue weighted by atomic mass is 10.2. The Hall–Kier alpha value is -2.07. The fraction of sp³-hybridized carbons (Fsp3) is 0.0714. The van der Waals surface area contributed by atoms with Crippen LogP contribution in [0.3, 0.4) is 0 Å². The maximum absolute atomic E-state index is 12.9. The van der Waals surface area contributed by atoms with E-state index in [0.29, 0.717) is 16.9 Å². The van der Waals surface area contributed by atoms with Gasteiger partial charge in [0.15, 0.2) is 0 Å². The van der Waals surface area contributed by atoms with E-state index in [4.69, 9.17) is 22.1 Å². The first-order chi connectivity index (χ1) is 9.08. The second kappa shape index (κ2) is 5.71. The minimum Gasteiger partial charge on any atom is -0.488 e. The topological polar surface area (TPSA) is 52.3 Å². The van der Waals surface area contributed by atoms with Gasteiger partial charge in [0.25, 0.3) is 5.91 Å². The molecule has 0 atom stereocenters. The average Bonchev–Trinajstić information content (AvgIpc) is 2.38. The first-order valence-electron chi connectivity index (χ1n) is 5.53. The first kappa shape index (κ1) is 13.4. The van der Waals surface area contributed by atoms with Gasteiger partial charge >= 0.3 is 0 Å². The minimum absolute atomic E-state index is 0.128. The van der Waals surface area contributed by atoms with Gasteiger partial charge in [-0.15, -0.1) is 0 Å². The number of primary amides is 1. The van der Waals surface area contributed by atoms with E-state index < -0.39 is 11.7 Å². The van der Waals surface area contributed by atoms with Crippen molar-refractivity contribution in [2.75, 3.05) is 0 Å². The molecule has 0 saturated carbocycles. The van der Waals surface area contributed by atoms with Crippen LogP contribution in [-0.2, 0) is 6.61 Å². The van der Waals surface area contributed by atoms with Gasteiger partial charge in [-0.2, -0.15) is 0 Å². The number of para-hydroxylation sites is 1. The van der Waals surface area contributed by atoms with E-state index in [1.807, 2.05) is 0 Å². The normalized spacial score (nSPS) is 10.2. The van der Waals surface area contributed by atoms with Crippen molar-refractivity contribution < 1.29 is 13.9 Å². The van der Waals surface area contributed by atoms with Gasteiger partial charge in [-0.25, -0.2) is 4.39 Å². The summed E-state index contributed by atoms with van der Waals surface area (Å²) in [6, 6.07) is 10.7. The number of nitrogens with two attached hydrogens (primary N) is 1. The van der Waals surface area contributed by atoms with E-state index >= 15 is 0 Å². The summed E-state index contributed by atoms with van der Waals surface area (Å²) < 4.78 is 18.4. The van der Waals surface area contributed by atoms with Crippen molar-refractivity contribution in [2.45, 2.75) is 6.61 Å². The summed E-state index contributed by atoms with van der Waals surface area (Å²) in [7, 11) is 0. The zero-order valence-electron chi connectivity index (χ0n) is 9.90. The SMILES string of the molecule is NC(=O)c1ccccc1OCc1ccc(F)cc1Cl. The standard InChI is InChI=1S/C14H11ClFNO2/c15-12-7-10(16)6-5-9(12)8-19-13-4-2-1-3-11(13)14(17)18/h1-7H,8H2,(H2,17,18). The number of ether oxygens (including phenoxy) is 1. The van der Waals surface area contributed by atoms with Crippen molar-refractivity contribution in [1.29, 1.82) is 0 Å². The van der Waals surface area contributed by atoms with Crippen LogP contribution in [0.4, 0.5) is 4.39 Å². The van der Waals surface area contributed by atoms with Crippen LogP contribution in [0.25, 0.3) is 0 Å². The molecule has 19 heavy (non-hydrogen) atoms. The molecule has 98 valence electrons. The van der Waals surface area contributed by atoms with Gasteiger partial charge < -0.3 is 10.5 Å². The van der Waals surface area contributed by atoms with Gasteiger partial charge in [0.1, 0.15) is 18.2 Å². The molecule has 0 aliphatic rings. The summed E-state index contributed by atoms with van der Waals surface area (Å²) >= 11 is 5.89. The molecule has 5 heteroatoms. The molecule has 0 aliphatic carbocycles. The molecule has 0 unspecified atom stereocenters. The van der Waals surface area contributed by atoms with Gasteiger partial charge in [-0.05, 0) is 24.3 Å². The molecule has 3 nitrogen and oxygen atoms in total. The van der Waals surface area contributed by atoms with Crippen molar-refractivity contribution in [3.63, 3.8) is 0 Å². The van der Waals surface area contributed by atoms with Gasteiger partial charge in [-0.1, -0.05) is 29.8 Å². The fourth-order valence-electron chi connectivity index (χ4n) is 1.59. The third kappa shape index (κ3) is 3.23. The molecule has 0 radical (unpaired) electrons. The highest BCUT2D eigenvalue weighted by Gasteiger charge is 2.09. The summed E-state index contributed by atoms with van der Waals surface area (Å²) in [6.07, 6.45) is 0. The molecular weight excluding hydrogens is 269 g/mol. The Balaban J connectivity index is 2.17. The van der Waals surface area contributed by atoms with Crippen molar-refractivity contribution in [3.8, 4) is 5.75 Å². The molecule has 0 saturated heterocycles.